The first-order valence-corrected chi connectivity index (χ1v) is 5.13. The van der Waals surface area contributed by atoms with Crippen molar-refractivity contribution in [3.8, 4) is 11.5 Å². The minimum absolute atomic E-state index is 0.0759. The summed E-state index contributed by atoms with van der Waals surface area (Å²) in [5.74, 6) is 1.72. The minimum Gasteiger partial charge on any atom is -0.497 e. The number of ether oxygens (including phenoxy) is 3. The van der Waals surface area contributed by atoms with Gasteiger partial charge in [0.15, 0.2) is 0 Å². The molecule has 3 nitrogen and oxygen atoms in total. The Hall–Kier alpha value is -1.22. The lowest BCUT2D eigenvalue weighted by atomic mass is 10.1. The Labute approximate surface area is 90.0 Å². The molecular formula is C12H16O3. The summed E-state index contributed by atoms with van der Waals surface area (Å²) in [6.07, 6.45) is 0.943. The van der Waals surface area contributed by atoms with Crippen molar-refractivity contribution in [2.24, 2.45) is 0 Å². The van der Waals surface area contributed by atoms with E-state index in [0.717, 1.165) is 24.5 Å². The van der Waals surface area contributed by atoms with E-state index in [-0.39, 0.29) is 5.60 Å². The van der Waals surface area contributed by atoms with Crippen LogP contribution in [0.3, 0.4) is 0 Å². The van der Waals surface area contributed by atoms with Crippen molar-refractivity contribution in [1.29, 1.82) is 0 Å². The smallest absolute Gasteiger partial charge is 0.119 e. The molecular weight excluding hydrogens is 192 g/mol. The van der Waals surface area contributed by atoms with Gasteiger partial charge in [-0.2, -0.15) is 0 Å². The number of methoxy groups -OCH3 is 1. The first-order valence-electron chi connectivity index (χ1n) is 5.13. The van der Waals surface area contributed by atoms with Gasteiger partial charge in [0.05, 0.1) is 25.9 Å². The van der Waals surface area contributed by atoms with Crippen molar-refractivity contribution < 1.29 is 14.2 Å². The summed E-state index contributed by atoms with van der Waals surface area (Å²) in [6.45, 7) is 3.66. The second kappa shape index (κ2) is 4.11. The molecule has 0 N–H and O–H groups in total. The van der Waals surface area contributed by atoms with Crippen LogP contribution in [0.1, 0.15) is 13.3 Å². The Kier molecular flexibility index (Phi) is 2.82. The van der Waals surface area contributed by atoms with Gasteiger partial charge in [0.25, 0.3) is 0 Å². The van der Waals surface area contributed by atoms with Gasteiger partial charge in [-0.15, -0.1) is 0 Å². The monoisotopic (exact) mass is 208 g/mol. The summed E-state index contributed by atoms with van der Waals surface area (Å²) < 4.78 is 15.9. The molecule has 1 saturated heterocycles. The molecule has 15 heavy (non-hydrogen) atoms. The van der Waals surface area contributed by atoms with E-state index in [1.807, 2.05) is 24.3 Å². The Morgan fingerprint density at radius 3 is 2.40 bits per heavy atom. The van der Waals surface area contributed by atoms with E-state index < -0.39 is 0 Å². The molecule has 0 radical (unpaired) electrons. The zero-order valence-corrected chi connectivity index (χ0v) is 9.16. The Morgan fingerprint density at radius 1 is 1.27 bits per heavy atom. The zero-order valence-electron chi connectivity index (χ0n) is 9.16. The number of hydrogen-bond acceptors (Lipinski definition) is 3. The van der Waals surface area contributed by atoms with Gasteiger partial charge < -0.3 is 14.2 Å². The van der Waals surface area contributed by atoms with Crippen molar-refractivity contribution in [3.05, 3.63) is 24.3 Å². The third-order valence-electron chi connectivity index (χ3n) is 2.60. The van der Waals surface area contributed by atoms with Crippen LogP contribution in [0, 0.1) is 0 Å². The fraction of sp³-hybridized carbons (Fsp3) is 0.500. The van der Waals surface area contributed by atoms with Gasteiger partial charge in [0.2, 0.25) is 0 Å². The highest BCUT2D eigenvalue weighted by Gasteiger charge is 2.38. The normalized spacial score (nSPS) is 23.6. The lowest BCUT2D eigenvalue weighted by molar-refractivity contribution is 0.238. The van der Waals surface area contributed by atoms with E-state index in [2.05, 4.69) is 6.92 Å². The minimum atomic E-state index is 0.0759. The SMILES string of the molecule is COc1ccc(OCC[C@]2(C)CO2)cc1. The molecule has 1 atom stereocenters. The van der Waals surface area contributed by atoms with Crippen LogP contribution < -0.4 is 9.47 Å². The molecule has 0 spiro atoms. The molecule has 2 rings (SSSR count). The van der Waals surface area contributed by atoms with Crippen molar-refractivity contribution in [1.82, 2.24) is 0 Å². The molecule has 1 aromatic carbocycles. The van der Waals surface area contributed by atoms with Crippen LogP contribution >= 0.6 is 0 Å². The number of hydrogen-bond donors (Lipinski definition) is 0. The van der Waals surface area contributed by atoms with Crippen LogP contribution in [0.4, 0.5) is 0 Å². The third kappa shape index (κ3) is 2.86. The molecule has 0 aliphatic carbocycles. The maximum atomic E-state index is 5.59. The lowest BCUT2D eigenvalue weighted by Gasteiger charge is -2.08. The largest absolute Gasteiger partial charge is 0.497 e. The molecule has 0 aromatic heterocycles. The standard InChI is InChI=1S/C12H16O3/c1-12(9-15-12)7-8-14-11-5-3-10(13-2)4-6-11/h3-6H,7-9H2,1-2H3/t12-/m1/s1. The highest BCUT2D eigenvalue weighted by molar-refractivity contribution is 5.31. The van der Waals surface area contributed by atoms with Gasteiger partial charge in [-0.3, -0.25) is 0 Å². The first-order chi connectivity index (χ1) is 7.22. The number of rotatable bonds is 5. The van der Waals surface area contributed by atoms with Crippen LogP contribution in [0.25, 0.3) is 0 Å². The van der Waals surface area contributed by atoms with E-state index in [9.17, 15) is 0 Å². The summed E-state index contributed by atoms with van der Waals surface area (Å²) in [5.41, 5.74) is 0.0759. The highest BCUT2D eigenvalue weighted by atomic mass is 16.6. The van der Waals surface area contributed by atoms with Gasteiger partial charge in [-0.05, 0) is 31.2 Å². The molecule has 0 saturated carbocycles. The van der Waals surface area contributed by atoms with E-state index in [1.165, 1.54) is 0 Å². The second-order valence-corrected chi connectivity index (χ2v) is 4.01. The zero-order chi connectivity index (χ0) is 10.7. The molecule has 1 aliphatic rings. The molecule has 3 heteroatoms. The summed E-state index contributed by atoms with van der Waals surface area (Å²) in [6, 6.07) is 7.61. The van der Waals surface area contributed by atoms with Crippen LogP contribution in [0.5, 0.6) is 11.5 Å². The number of benzene rings is 1. The van der Waals surface area contributed by atoms with Crippen LogP contribution in [0.2, 0.25) is 0 Å². The molecule has 0 bridgehead atoms. The Balaban J connectivity index is 1.77. The van der Waals surface area contributed by atoms with Crippen molar-refractivity contribution >= 4 is 0 Å². The molecule has 82 valence electrons. The first kappa shape index (κ1) is 10.3. The topological polar surface area (TPSA) is 31.0 Å². The Bertz CT molecular complexity index is 314. The summed E-state index contributed by atoms with van der Waals surface area (Å²) >= 11 is 0. The summed E-state index contributed by atoms with van der Waals surface area (Å²) in [5, 5.41) is 0. The molecule has 0 amide bonds. The third-order valence-corrected chi connectivity index (χ3v) is 2.60. The van der Waals surface area contributed by atoms with Gasteiger partial charge in [-0.25, -0.2) is 0 Å². The quantitative estimate of drug-likeness (QED) is 0.695. The molecule has 1 fully saturated rings. The van der Waals surface area contributed by atoms with Crippen LogP contribution in [-0.4, -0.2) is 25.9 Å². The molecule has 1 aromatic rings. The van der Waals surface area contributed by atoms with Crippen molar-refractivity contribution in [3.63, 3.8) is 0 Å². The average molecular weight is 208 g/mol. The summed E-state index contributed by atoms with van der Waals surface area (Å²) in [7, 11) is 1.65. The predicted octanol–water partition coefficient (Wildman–Crippen LogP) is 2.25. The maximum absolute atomic E-state index is 5.59. The van der Waals surface area contributed by atoms with Gasteiger partial charge in [-0.1, -0.05) is 0 Å². The lowest BCUT2D eigenvalue weighted by Crippen LogP contribution is -2.10. The fourth-order valence-corrected chi connectivity index (χ4v) is 1.32. The van der Waals surface area contributed by atoms with Crippen LogP contribution in [0.15, 0.2) is 24.3 Å². The van der Waals surface area contributed by atoms with Crippen molar-refractivity contribution in [2.75, 3.05) is 20.3 Å². The fourth-order valence-electron chi connectivity index (χ4n) is 1.32. The average Bonchev–Trinajstić information content (AvgIpc) is 2.98. The predicted molar refractivity (Wildman–Crippen MR) is 57.5 cm³/mol. The van der Waals surface area contributed by atoms with Crippen LogP contribution in [-0.2, 0) is 4.74 Å². The molecule has 0 unspecified atom stereocenters. The highest BCUT2D eigenvalue weighted by Crippen LogP contribution is 2.29. The van der Waals surface area contributed by atoms with Crippen molar-refractivity contribution in [2.45, 2.75) is 18.9 Å². The van der Waals surface area contributed by atoms with E-state index in [0.29, 0.717) is 6.61 Å². The molecule has 1 heterocycles. The van der Waals surface area contributed by atoms with E-state index >= 15 is 0 Å². The Morgan fingerprint density at radius 2 is 1.87 bits per heavy atom. The van der Waals surface area contributed by atoms with E-state index in [4.69, 9.17) is 14.2 Å². The molecule has 1 aliphatic heterocycles. The number of epoxide rings is 1. The van der Waals surface area contributed by atoms with Gasteiger partial charge >= 0.3 is 0 Å². The maximum Gasteiger partial charge on any atom is 0.119 e. The van der Waals surface area contributed by atoms with Gasteiger partial charge in [0, 0.05) is 6.42 Å². The van der Waals surface area contributed by atoms with E-state index in [1.54, 1.807) is 7.11 Å². The van der Waals surface area contributed by atoms with Gasteiger partial charge in [0.1, 0.15) is 11.5 Å². The summed E-state index contributed by atoms with van der Waals surface area (Å²) in [4.78, 5) is 0. The second-order valence-electron chi connectivity index (χ2n) is 4.01.